The highest BCUT2D eigenvalue weighted by atomic mass is 35.5. The highest BCUT2D eigenvalue weighted by Crippen LogP contribution is 2.27. The minimum Gasteiger partial charge on any atom is -0.371 e. The van der Waals surface area contributed by atoms with Crippen molar-refractivity contribution in [1.82, 2.24) is 0 Å². The Morgan fingerprint density at radius 3 is 2.50 bits per heavy atom. The van der Waals surface area contributed by atoms with Gasteiger partial charge in [-0.15, -0.1) is 0 Å². The smallest absolute Gasteiger partial charge is 0.263 e. The van der Waals surface area contributed by atoms with Gasteiger partial charge in [0.25, 0.3) is 4.74 Å². The van der Waals surface area contributed by atoms with Crippen LogP contribution in [0.2, 0.25) is 5.02 Å². The molecule has 84 valence electrons. The molecule has 2 aromatic rings. The molecule has 0 saturated heterocycles. The maximum absolute atomic E-state index is 11.2. The third-order valence-electron chi connectivity index (χ3n) is 2.15. The van der Waals surface area contributed by atoms with E-state index in [1.807, 2.05) is 0 Å². The van der Waals surface area contributed by atoms with E-state index in [1.165, 1.54) is 21.5 Å². The molecule has 0 aliphatic heterocycles. The zero-order chi connectivity index (χ0) is 11.5. The first kappa shape index (κ1) is 11.6. The van der Waals surface area contributed by atoms with Gasteiger partial charge in [0.1, 0.15) is 10.0 Å². The summed E-state index contributed by atoms with van der Waals surface area (Å²) >= 11 is 5.85. The molecule has 0 atom stereocenters. The molecular weight excluding hydrogens is 262 g/mol. The third kappa shape index (κ3) is 2.64. The van der Waals surface area contributed by atoms with Crippen molar-refractivity contribution in [3.05, 3.63) is 50.0 Å². The molecule has 0 unspecified atom stereocenters. The first-order valence-electron chi connectivity index (χ1n) is 4.75. The number of benzene rings is 1. The van der Waals surface area contributed by atoms with Gasteiger partial charge in [0.2, 0.25) is 0 Å². The van der Waals surface area contributed by atoms with E-state index in [0.29, 0.717) is 11.6 Å². The topological polar surface area (TPSA) is 29.1 Å². The van der Waals surface area contributed by atoms with Crippen LogP contribution >= 0.6 is 32.3 Å². The zero-order valence-electron chi connectivity index (χ0n) is 8.62. The summed E-state index contributed by atoms with van der Waals surface area (Å²) in [5.74, 6) is 0. The van der Waals surface area contributed by atoms with Crippen molar-refractivity contribution in [3.63, 3.8) is 0 Å². The molecule has 1 aromatic heterocycles. The highest BCUT2D eigenvalue weighted by molar-refractivity contribution is 7.70. The van der Waals surface area contributed by atoms with E-state index in [0.717, 1.165) is 15.3 Å². The average molecular weight is 272 g/mol. The molecule has 0 aliphatic carbocycles. The van der Waals surface area contributed by atoms with Crippen LogP contribution in [0.25, 0.3) is 0 Å². The van der Waals surface area contributed by atoms with Gasteiger partial charge in [0, 0.05) is 6.54 Å². The van der Waals surface area contributed by atoms with Crippen LogP contribution in [-0.2, 0) is 6.54 Å². The number of hydrogen-bond donors (Lipinski definition) is 1. The van der Waals surface area contributed by atoms with Crippen molar-refractivity contribution in [2.75, 3.05) is 5.32 Å². The molecule has 0 spiro atoms. The summed E-state index contributed by atoms with van der Waals surface area (Å²) in [6, 6.07) is 8.25. The van der Waals surface area contributed by atoms with E-state index in [9.17, 15) is 4.79 Å². The fourth-order valence-corrected chi connectivity index (χ4v) is 3.66. The Bertz CT molecular complexity index is 530. The summed E-state index contributed by atoms with van der Waals surface area (Å²) < 4.78 is -0.0712. The Hall–Kier alpha value is -0.840. The van der Waals surface area contributed by atoms with Crippen LogP contribution in [0.5, 0.6) is 0 Å². The number of aryl methyl sites for hydroxylation is 1. The predicted molar refractivity (Wildman–Crippen MR) is 72.0 cm³/mol. The quantitative estimate of drug-likeness (QED) is 0.862. The summed E-state index contributed by atoms with van der Waals surface area (Å²) in [5.41, 5.74) is 2.41. The first-order valence-corrected chi connectivity index (χ1v) is 7.27. The number of nitrogens with one attached hydrogen (secondary N) is 1. The van der Waals surface area contributed by atoms with Gasteiger partial charge in [-0.05, 0) is 22.8 Å². The molecule has 5 heteroatoms. The van der Waals surface area contributed by atoms with Gasteiger partial charge >= 0.3 is 0 Å². The summed E-state index contributed by atoms with van der Waals surface area (Å²) in [7, 11) is 2.54. The van der Waals surface area contributed by atoms with Crippen molar-refractivity contribution < 1.29 is 0 Å². The van der Waals surface area contributed by atoms with Gasteiger partial charge < -0.3 is 5.32 Å². The van der Waals surface area contributed by atoms with Gasteiger partial charge in [-0.1, -0.05) is 51.8 Å². The summed E-state index contributed by atoms with van der Waals surface area (Å²) in [6.45, 7) is 2.74. The lowest BCUT2D eigenvalue weighted by Gasteiger charge is -2.04. The number of rotatable bonds is 3. The van der Waals surface area contributed by atoms with Crippen LogP contribution in [-0.4, -0.2) is 0 Å². The van der Waals surface area contributed by atoms with E-state index < -0.39 is 0 Å². The zero-order valence-corrected chi connectivity index (χ0v) is 11.0. The van der Waals surface area contributed by atoms with E-state index in [2.05, 4.69) is 36.5 Å². The standard InChI is InChI=1S/C11H10ClNOS2/c1-7-2-4-8(5-3-7)6-13-10-9(12)11(14)16-15-10/h2-5,13H,6H2,1H3. The van der Waals surface area contributed by atoms with Crippen LogP contribution in [0.15, 0.2) is 29.1 Å². The summed E-state index contributed by atoms with van der Waals surface area (Å²) in [4.78, 5) is 11.2. The molecule has 0 bridgehead atoms. The van der Waals surface area contributed by atoms with Gasteiger partial charge in [-0.2, -0.15) is 0 Å². The second-order valence-electron chi connectivity index (χ2n) is 3.44. The monoisotopic (exact) mass is 271 g/mol. The SMILES string of the molecule is Cc1ccc(CNc2ssc(=O)c2Cl)cc1. The fourth-order valence-electron chi connectivity index (χ4n) is 1.24. The lowest BCUT2D eigenvalue weighted by molar-refractivity contribution is 1.16. The predicted octanol–water partition coefficient (Wildman–Crippen LogP) is 3.74. The van der Waals surface area contributed by atoms with E-state index in [-0.39, 0.29) is 4.74 Å². The van der Waals surface area contributed by atoms with Crippen LogP contribution < -0.4 is 10.1 Å². The number of halogens is 1. The summed E-state index contributed by atoms with van der Waals surface area (Å²) in [5, 5.41) is 4.24. The molecule has 0 saturated carbocycles. The average Bonchev–Trinajstić information content (AvgIpc) is 2.60. The fraction of sp³-hybridized carbons (Fsp3) is 0.182. The number of hydrogen-bond acceptors (Lipinski definition) is 4. The molecule has 0 radical (unpaired) electrons. The molecule has 0 amide bonds. The third-order valence-corrected chi connectivity index (χ3v) is 4.90. The Morgan fingerprint density at radius 2 is 1.94 bits per heavy atom. The highest BCUT2D eigenvalue weighted by Gasteiger charge is 2.07. The van der Waals surface area contributed by atoms with E-state index in [1.54, 1.807) is 0 Å². The van der Waals surface area contributed by atoms with Crippen LogP contribution in [0, 0.1) is 6.92 Å². The van der Waals surface area contributed by atoms with E-state index in [4.69, 9.17) is 11.6 Å². The van der Waals surface area contributed by atoms with Crippen LogP contribution in [0.1, 0.15) is 11.1 Å². The van der Waals surface area contributed by atoms with Gasteiger partial charge in [0.15, 0.2) is 0 Å². The largest absolute Gasteiger partial charge is 0.371 e. The van der Waals surface area contributed by atoms with Crippen LogP contribution in [0.4, 0.5) is 5.00 Å². The first-order chi connectivity index (χ1) is 7.66. The Morgan fingerprint density at radius 1 is 1.25 bits per heavy atom. The maximum atomic E-state index is 11.2. The second kappa shape index (κ2) is 4.99. The molecular formula is C11H10ClNOS2. The van der Waals surface area contributed by atoms with Gasteiger partial charge in [-0.25, -0.2) is 0 Å². The Labute approximate surface area is 106 Å². The van der Waals surface area contributed by atoms with Gasteiger partial charge in [0.05, 0.1) is 0 Å². The second-order valence-corrected chi connectivity index (χ2v) is 5.93. The molecule has 0 fully saturated rings. The normalized spacial score (nSPS) is 10.4. The molecule has 1 aromatic carbocycles. The lowest BCUT2D eigenvalue weighted by atomic mass is 10.1. The van der Waals surface area contributed by atoms with Crippen molar-refractivity contribution in [2.24, 2.45) is 0 Å². The lowest BCUT2D eigenvalue weighted by Crippen LogP contribution is -1.99. The minimum atomic E-state index is -0.0712. The molecule has 0 aliphatic rings. The Kier molecular flexibility index (Phi) is 3.63. The van der Waals surface area contributed by atoms with Crippen molar-refractivity contribution in [2.45, 2.75) is 13.5 Å². The maximum Gasteiger partial charge on any atom is 0.263 e. The molecule has 1 heterocycles. The van der Waals surface area contributed by atoms with Crippen molar-refractivity contribution >= 4 is 37.3 Å². The minimum absolute atomic E-state index is 0.0712. The van der Waals surface area contributed by atoms with Crippen molar-refractivity contribution in [1.29, 1.82) is 0 Å². The van der Waals surface area contributed by atoms with Crippen molar-refractivity contribution in [3.8, 4) is 0 Å². The van der Waals surface area contributed by atoms with E-state index >= 15 is 0 Å². The Balaban J connectivity index is 2.05. The molecule has 16 heavy (non-hydrogen) atoms. The summed E-state index contributed by atoms with van der Waals surface area (Å²) in [6.07, 6.45) is 0. The molecule has 2 rings (SSSR count). The molecule has 1 N–H and O–H groups in total. The number of anilines is 1. The molecule has 2 nitrogen and oxygen atoms in total. The van der Waals surface area contributed by atoms with Crippen LogP contribution in [0.3, 0.4) is 0 Å². The van der Waals surface area contributed by atoms with Gasteiger partial charge in [-0.3, -0.25) is 4.79 Å².